The summed E-state index contributed by atoms with van der Waals surface area (Å²) in [4.78, 5) is 14.2. The Hall–Kier alpha value is -2.52. The fraction of sp³-hybridized carbons (Fsp3) is 0.389. The van der Waals surface area contributed by atoms with Crippen LogP contribution < -0.4 is 20.5 Å². The minimum Gasteiger partial charge on any atom is -0.454 e. The van der Waals surface area contributed by atoms with E-state index in [2.05, 4.69) is 33.7 Å². The number of rotatable bonds is 7. The van der Waals surface area contributed by atoms with Crippen LogP contribution in [0.5, 0.6) is 11.5 Å². The van der Waals surface area contributed by atoms with Crippen LogP contribution in [-0.2, 0) is 6.54 Å². The fourth-order valence-electron chi connectivity index (χ4n) is 2.84. The largest absolute Gasteiger partial charge is 0.454 e. The van der Waals surface area contributed by atoms with E-state index in [1.165, 1.54) is 6.33 Å². The van der Waals surface area contributed by atoms with Crippen LogP contribution in [0.15, 0.2) is 34.6 Å². The second-order valence-corrected chi connectivity index (χ2v) is 7.73. The van der Waals surface area contributed by atoms with Gasteiger partial charge in [0, 0.05) is 18.0 Å². The molecule has 142 valence electrons. The van der Waals surface area contributed by atoms with E-state index < -0.39 is 0 Å². The molecule has 1 aliphatic rings. The zero-order valence-electron chi connectivity index (χ0n) is 15.3. The minimum atomic E-state index is 0.260. The van der Waals surface area contributed by atoms with Gasteiger partial charge in [0.2, 0.25) is 6.79 Å². The summed E-state index contributed by atoms with van der Waals surface area (Å²) in [6.07, 6.45) is 1.48. The van der Waals surface area contributed by atoms with Gasteiger partial charge < -0.3 is 25.1 Å². The van der Waals surface area contributed by atoms with Crippen LogP contribution >= 0.6 is 11.8 Å². The van der Waals surface area contributed by atoms with Crippen molar-refractivity contribution in [2.24, 2.45) is 5.92 Å². The summed E-state index contributed by atoms with van der Waals surface area (Å²) < 4.78 is 12.9. The zero-order valence-corrected chi connectivity index (χ0v) is 16.1. The first-order chi connectivity index (χ1) is 13.1. The van der Waals surface area contributed by atoms with Crippen LogP contribution in [0, 0.1) is 5.92 Å². The Kier molecular flexibility index (Phi) is 5.04. The number of ether oxygens (including phenoxy) is 2. The molecule has 3 heterocycles. The molecule has 0 bridgehead atoms. The van der Waals surface area contributed by atoms with E-state index >= 15 is 0 Å². The molecule has 1 aliphatic heterocycles. The van der Waals surface area contributed by atoms with Gasteiger partial charge in [-0.1, -0.05) is 25.6 Å². The number of benzene rings is 1. The normalized spacial score (nSPS) is 13.0. The number of anilines is 1. The average molecular weight is 386 g/mol. The van der Waals surface area contributed by atoms with Gasteiger partial charge in [-0.05, 0) is 30.7 Å². The smallest absolute Gasteiger partial charge is 0.231 e. The second-order valence-electron chi connectivity index (χ2n) is 6.69. The number of nitrogens with two attached hydrogens (primary N) is 1. The number of imidazole rings is 1. The highest BCUT2D eigenvalue weighted by Gasteiger charge is 2.18. The third kappa shape index (κ3) is 3.79. The molecular weight excluding hydrogens is 364 g/mol. The van der Waals surface area contributed by atoms with Crippen molar-refractivity contribution in [1.29, 1.82) is 0 Å². The third-order valence-corrected chi connectivity index (χ3v) is 5.13. The first-order valence-electron chi connectivity index (χ1n) is 8.86. The maximum Gasteiger partial charge on any atom is 0.231 e. The molecular formula is C18H22N6O2S. The Morgan fingerprint density at radius 3 is 2.96 bits per heavy atom. The van der Waals surface area contributed by atoms with Crippen molar-refractivity contribution in [3.8, 4) is 11.5 Å². The van der Waals surface area contributed by atoms with Crippen LogP contribution in [0.1, 0.15) is 13.8 Å². The SMILES string of the molecule is CC(C)CNCCn1c(Sc2ccc3c(c2)OCO3)nc2c(N)ncnc21. The topological polar surface area (TPSA) is 100 Å². The van der Waals surface area contributed by atoms with Crippen LogP contribution in [0.3, 0.4) is 0 Å². The molecule has 3 N–H and O–H groups in total. The number of fused-ring (bicyclic) bond motifs is 2. The van der Waals surface area contributed by atoms with Crippen molar-refractivity contribution < 1.29 is 9.47 Å². The van der Waals surface area contributed by atoms with E-state index in [0.717, 1.165) is 46.8 Å². The molecule has 0 fully saturated rings. The van der Waals surface area contributed by atoms with Crippen molar-refractivity contribution in [3.05, 3.63) is 24.5 Å². The monoisotopic (exact) mass is 386 g/mol. The zero-order chi connectivity index (χ0) is 18.8. The number of aromatic nitrogens is 4. The summed E-state index contributed by atoms with van der Waals surface area (Å²) in [5.74, 6) is 2.51. The molecule has 0 atom stereocenters. The van der Waals surface area contributed by atoms with E-state index in [1.54, 1.807) is 11.8 Å². The first-order valence-corrected chi connectivity index (χ1v) is 9.68. The summed E-state index contributed by atoms with van der Waals surface area (Å²) in [7, 11) is 0. The van der Waals surface area contributed by atoms with Crippen molar-refractivity contribution in [2.45, 2.75) is 30.4 Å². The lowest BCUT2D eigenvalue weighted by atomic mass is 10.2. The second kappa shape index (κ2) is 7.61. The molecule has 9 heteroatoms. The lowest BCUT2D eigenvalue weighted by Crippen LogP contribution is -2.24. The van der Waals surface area contributed by atoms with Gasteiger partial charge in [0.25, 0.3) is 0 Å². The van der Waals surface area contributed by atoms with Gasteiger partial charge in [0.15, 0.2) is 33.6 Å². The molecule has 8 nitrogen and oxygen atoms in total. The highest BCUT2D eigenvalue weighted by atomic mass is 32.2. The highest BCUT2D eigenvalue weighted by Crippen LogP contribution is 2.38. The molecule has 4 rings (SSSR count). The summed E-state index contributed by atoms with van der Waals surface area (Å²) >= 11 is 1.54. The van der Waals surface area contributed by atoms with Crippen LogP contribution in [0.2, 0.25) is 0 Å². The third-order valence-electron chi connectivity index (χ3n) is 4.14. The van der Waals surface area contributed by atoms with Crippen LogP contribution in [-0.4, -0.2) is 39.4 Å². The van der Waals surface area contributed by atoms with E-state index in [0.29, 0.717) is 17.3 Å². The fourth-order valence-corrected chi connectivity index (χ4v) is 3.78. The Bertz CT molecular complexity index is 958. The summed E-state index contributed by atoms with van der Waals surface area (Å²) in [6, 6.07) is 5.87. The van der Waals surface area contributed by atoms with Crippen molar-refractivity contribution in [1.82, 2.24) is 24.8 Å². The van der Waals surface area contributed by atoms with E-state index in [-0.39, 0.29) is 6.79 Å². The number of nitrogen functional groups attached to an aromatic ring is 1. The molecule has 0 unspecified atom stereocenters. The lowest BCUT2D eigenvalue weighted by Gasteiger charge is -2.11. The van der Waals surface area contributed by atoms with E-state index in [9.17, 15) is 0 Å². The Morgan fingerprint density at radius 1 is 1.26 bits per heavy atom. The molecule has 0 saturated carbocycles. The standard InChI is InChI=1S/C18H22N6O2S/c1-11(2)8-20-5-6-24-17-15(16(19)21-9-22-17)23-18(24)27-12-3-4-13-14(7-12)26-10-25-13/h3-4,7,9,11,20H,5-6,8,10H2,1-2H3,(H2,19,21,22). The van der Waals surface area contributed by atoms with Gasteiger partial charge in [-0.2, -0.15) is 0 Å². The van der Waals surface area contributed by atoms with Crippen molar-refractivity contribution in [2.75, 3.05) is 25.6 Å². The van der Waals surface area contributed by atoms with Gasteiger partial charge in [0.1, 0.15) is 6.33 Å². The highest BCUT2D eigenvalue weighted by molar-refractivity contribution is 7.99. The molecule has 27 heavy (non-hydrogen) atoms. The van der Waals surface area contributed by atoms with Gasteiger partial charge in [-0.25, -0.2) is 15.0 Å². The van der Waals surface area contributed by atoms with Crippen LogP contribution in [0.25, 0.3) is 11.2 Å². The van der Waals surface area contributed by atoms with Gasteiger partial charge in [-0.15, -0.1) is 0 Å². The lowest BCUT2D eigenvalue weighted by molar-refractivity contribution is 0.174. The van der Waals surface area contributed by atoms with Crippen LogP contribution in [0.4, 0.5) is 5.82 Å². The van der Waals surface area contributed by atoms with Crippen molar-refractivity contribution >= 4 is 28.7 Å². The average Bonchev–Trinajstić information content (AvgIpc) is 3.24. The molecule has 0 saturated heterocycles. The van der Waals surface area contributed by atoms with Gasteiger partial charge >= 0.3 is 0 Å². The first kappa shape index (κ1) is 17.9. The number of nitrogens with zero attached hydrogens (tertiary/aromatic N) is 4. The van der Waals surface area contributed by atoms with Gasteiger partial charge in [0.05, 0.1) is 0 Å². The molecule has 1 aromatic carbocycles. The Labute approximate surface area is 161 Å². The maximum atomic E-state index is 6.01. The van der Waals surface area contributed by atoms with Crippen molar-refractivity contribution in [3.63, 3.8) is 0 Å². The molecule has 0 spiro atoms. The molecule has 0 amide bonds. The molecule has 0 radical (unpaired) electrons. The number of hydrogen-bond donors (Lipinski definition) is 2. The quantitative estimate of drug-likeness (QED) is 0.598. The van der Waals surface area contributed by atoms with E-state index in [4.69, 9.17) is 20.2 Å². The Balaban J connectivity index is 1.62. The molecule has 2 aromatic heterocycles. The summed E-state index contributed by atoms with van der Waals surface area (Å²) in [6.45, 7) is 7.17. The number of hydrogen-bond acceptors (Lipinski definition) is 8. The predicted molar refractivity (Wildman–Crippen MR) is 104 cm³/mol. The molecule has 3 aromatic rings. The number of nitrogens with one attached hydrogen (secondary N) is 1. The van der Waals surface area contributed by atoms with Gasteiger partial charge in [-0.3, -0.25) is 0 Å². The summed E-state index contributed by atoms with van der Waals surface area (Å²) in [5.41, 5.74) is 7.39. The van der Waals surface area contributed by atoms with E-state index in [1.807, 2.05) is 18.2 Å². The predicted octanol–water partition coefficient (Wildman–Crippen LogP) is 2.53. The Morgan fingerprint density at radius 2 is 2.11 bits per heavy atom. The summed E-state index contributed by atoms with van der Waals surface area (Å²) in [5, 5.41) is 4.28. The molecule has 0 aliphatic carbocycles. The maximum absolute atomic E-state index is 6.01. The minimum absolute atomic E-state index is 0.260.